The van der Waals surface area contributed by atoms with Crippen molar-refractivity contribution in [3.63, 3.8) is 0 Å². The quantitative estimate of drug-likeness (QED) is 0.598. The third-order valence-corrected chi connectivity index (χ3v) is 2.40. The van der Waals surface area contributed by atoms with Gasteiger partial charge in [0.25, 0.3) is 0 Å². The fourth-order valence-corrected chi connectivity index (χ4v) is 1.80. The van der Waals surface area contributed by atoms with Crippen molar-refractivity contribution < 1.29 is 0 Å². The summed E-state index contributed by atoms with van der Waals surface area (Å²) in [5, 5.41) is 4.19. The van der Waals surface area contributed by atoms with Crippen LogP contribution in [0.5, 0.6) is 0 Å². The summed E-state index contributed by atoms with van der Waals surface area (Å²) in [5.41, 5.74) is 8.36. The number of aryl methyl sites for hydroxylation is 1. The molecule has 1 aromatic heterocycles. The van der Waals surface area contributed by atoms with E-state index in [0.717, 1.165) is 18.7 Å². The fourth-order valence-electron chi connectivity index (χ4n) is 1.80. The molecule has 3 heteroatoms. The van der Waals surface area contributed by atoms with Gasteiger partial charge in [-0.15, -0.1) is 0 Å². The van der Waals surface area contributed by atoms with Crippen LogP contribution >= 0.6 is 0 Å². The van der Waals surface area contributed by atoms with Gasteiger partial charge in [-0.05, 0) is 25.7 Å². The topological polar surface area (TPSA) is 43.8 Å². The first-order valence-electron chi connectivity index (χ1n) is 4.09. The fraction of sp³-hybridized carbons (Fsp3) is 0.625. The standard InChI is InChI=1S/C8H13N3/c1-11-7-5-3-2-4-6(7)8(9)10-11/h2-5H2,1H3,(H2,9,10). The van der Waals surface area contributed by atoms with Gasteiger partial charge in [0.1, 0.15) is 5.82 Å². The van der Waals surface area contributed by atoms with Crippen molar-refractivity contribution in [2.24, 2.45) is 7.05 Å². The summed E-state index contributed by atoms with van der Waals surface area (Å²) < 4.78 is 1.92. The van der Waals surface area contributed by atoms with Crippen molar-refractivity contribution in [3.05, 3.63) is 11.3 Å². The minimum Gasteiger partial charge on any atom is -0.382 e. The Balaban J connectivity index is 2.52. The highest BCUT2D eigenvalue weighted by Crippen LogP contribution is 2.24. The highest BCUT2D eigenvalue weighted by molar-refractivity contribution is 5.43. The number of nitrogens with zero attached hydrogens (tertiary/aromatic N) is 2. The SMILES string of the molecule is Cn1nc(N)c2c1CCCC2. The van der Waals surface area contributed by atoms with Crippen molar-refractivity contribution in [3.8, 4) is 0 Å². The molecule has 1 heterocycles. The molecule has 0 aliphatic heterocycles. The van der Waals surface area contributed by atoms with E-state index in [1.54, 1.807) is 0 Å². The zero-order valence-corrected chi connectivity index (χ0v) is 6.80. The number of hydrogen-bond donors (Lipinski definition) is 1. The van der Waals surface area contributed by atoms with Crippen molar-refractivity contribution in [1.82, 2.24) is 9.78 Å². The molecule has 11 heavy (non-hydrogen) atoms. The molecule has 0 aromatic carbocycles. The van der Waals surface area contributed by atoms with Gasteiger partial charge >= 0.3 is 0 Å². The Labute approximate surface area is 66.2 Å². The molecule has 2 rings (SSSR count). The predicted octanol–water partition coefficient (Wildman–Crippen LogP) is 0.881. The van der Waals surface area contributed by atoms with Crippen LogP contribution in [0.2, 0.25) is 0 Å². The molecule has 0 bridgehead atoms. The van der Waals surface area contributed by atoms with E-state index in [2.05, 4.69) is 5.10 Å². The van der Waals surface area contributed by atoms with Crippen molar-refractivity contribution in [2.45, 2.75) is 25.7 Å². The number of nitrogen functional groups attached to an aromatic ring is 1. The highest BCUT2D eigenvalue weighted by atomic mass is 15.3. The van der Waals surface area contributed by atoms with Crippen LogP contribution < -0.4 is 5.73 Å². The average Bonchev–Trinajstić information content (AvgIpc) is 2.30. The van der Waals surface area contributed by atoms with Gasteiger partial charge in [-0.1, -0.05) is 0 Å². The molecular weight excluding hydrogens is 138 g/mol. The Morgan fingerprint density at radius 1 is 1.36 bits per heavy atom. The number of anilines is 1. The molecule has 0 radical (unpaired) electrons. The maximum absolute atomic E-state index is 5.73. The second-order valence-electron chi connectivity index (χ2n) is 3.14. The third-order valence-electron chi connectivity index (χ3n) is 2.40. The lowest BCUT2D eigenvalue weighted by molar-refractivity contribution is 0.626. The van der Waals surface area contributed by atoms with E-state index in [-0.39, 0.29) is 0 Å². The predicted molar refractivity (Wildman–Crippen MR) is 44.3 cm³/mol. The molecule has 0 amide bonds. The van der Waals surface area contributed by atoms with Crippen LogP contribution in [0.25, 0.3) is 0 Å². The monoisotopic (exact) mass is 151 g/mol. The van der Waals surface area contributed by atoms with Crippen LogP contribution in [0.3, 0.4) is 0 Å². The number of aromatic nitrogens is 2. The Morgan fingerprint density at radius 3 is 2.82 bits per heavy atom. The van der Waals surface area contributed by atoms with Gasteiger partial charge in [-0.2, -0.15) is 5.10 Å². The van der Waals surface area contributed by atoms with Gasteiger partial charge in [-0.3, -0.25) is 4.68 Å². The molecule has 3 nitrogen and oxygen atoms in total. The number of rotatable bonds is 0. The Kier molecular flexibility index (Phi) is 1.37. The Bertz CT molecular complexity index is 249. The zero-order valence-electron chi connectivity index (χ0n) is 6.80. The molecule has 0 atom stereocenters. The molecule has 60 valence electrons. The van der Waals surface area contributed by atoms with Gasteiger partial charge in [0.05, 0.1) is 0 Å². The van der Waals surface area contributed by atoms with Crippen LogP contribution in [0.1, 0.15) is 24.1 Å². The smallest absolute Gasteiger partial charge is 0.148 e. The molecule has 0 spiro atoms. The van der Waals surface area contributed by atoms with Gasteiger partial charge in [-0.25, -0.2) is 0 Å². The molecule has 0 fully saturated rings. The summed E-state index contributed by atoms with van der Waals surface area (Å²) in [7, 11) is 1.97. The van der Waals surface area contributed by atoms with E-state index in [4.69, 9.17) is 5.73 Å². The highest BCUT2D eigenvalue weighted by Gasteiger charge is 2.16. The van der Waals surface area contributed by atoms with E-state index < -0.39 is 0 Å². The first-order chi connectivity index (χ1) is 5.29. The lowest BCUT2D eigenvalue weighted by Gasteiger charge is -2.11. The van der Waals surface area contributed by atoms with Gasteiger partial charge in [0.15, 0.2) is 0 Å². The van der Waals surface area contributed by atoms with Crippen molar-refractivity contribution in [2.75, 3.05) is 5.73 Å². The average molecular weight is 151 g/mol. The number of nitrogens with two attached hydrogens (primary N) is 1. The van der Waals surface area contributed by atoms with E-state index in [0.29, 0.717) is 0 Å². The maximum atomic E-state index is 5.73. The van der Waals surface area contributed by atoms with E-state index in [1.165, 1.54) is 24.1 Å². The first kappa shape index (κ1) is 6.70. The molecule has 1 aliphatic carbocycles. The molecule has 1 aliphatic rings. The first-order valence-corrected chi connectivity index (χ1v) is 4.09. The summed E-state index contributed by atoms with van der Waals surface area (Å²) in [6.07, 6.45) is 4.82. The van der Waals surface area contributed by atoms with Crippen molar-refractivity contribution >= 4 is 5.82 Å². The van der Waals surface area contributed by atoms with E-state index in [9.17, 15) is 0 Å². The summed E-state index contributed by atoms with van der Waals surface area (Å²) in [6, 6.07) is 0. The minimum atomic E-state index is 0.738. The summed E-state index contributed by atoms with van der Waals surface area (Å²) in [5.74, 6) is 0.738. The molecule has 2 N–H and O–H groups in total. The summed E-state index contributed by atoms with van der Waals surface area (Å²) in [6.45, 7) is 0. The third kappa shape index (κ3) is 0.914. The largest absolute Gasteiger partial charge is 0.382 e. The normalized spacial score (nSPS) is 16.5. The van der Waals surface area contributed by atoms with Crippen LogP contribution in [0.4, 0.5) is 5.82 Å². The van der Waals surface area contributed by atoms with Crippen molar-refractivity contribution in [1.29, 1.82) is 0 Å². The van der Waals surface area contributed by atoms with Crippen LogP contribution in [-0.2, 0) is 19.9 Å². The Morgan fingerprint density at radius 2 is 2.09 bits per heavy atom. The Hall–Kier alpha value is -0.990. The van der Waals surface area contributed by atoms with Crippen LogP contribution in [0, 0.1) is 0 Å². The van der Waals surface area contributed by atoms with Crippen LogP contribution in [-0.4, -0.2) is 9.78 Å². The number of fused-ring (bicyclic) bond motifs is 1. The summed E-state index contributed by atoms with van der Waals surface area (Å²) >= 11 is 0. The molecule has 0 unspecified atom stereocenters. The lowest BCUT2D eigenvalue weighted by atomic mass is 9.97. The summed E-state index contributed by atoms with van der Waals surface area (Å²) in [4.78, 5) is 0. The molecule has 1 aromatic rings. The van der Waals surface area contributed by atoms with Gasteiger partial charge < -0.3 is 5.73 Å². The second-order valence-corrected chi connectivity index (χ2v) is 3.14. The molecule has 0 saturated heterocycles. The molecule has 0 saturated carbocycles. The maximum Gasteiger partial charge on any atom is 0.148 e. The van der Waals surface area contributed by atoms with E-state index >= 15 is 0 Å². The van der Waals surface area contributed by atoms with Crippen LogP contribution in [0.15, 0.2) is 0 Å². The van der Waals surface area contributed by atoms with Gasteiger partial charge in [0, 0.05) is 18.3 Å². The lowest BCUT2D eigenvalue weighted by Crippen LogP contribution is -2.05. The van der Waals surface area contributed by atoms with E-state index in [1.807, 2.05) is 11.7 Å². The molecular formula is C8H13N3. The number of hydrogen-bond acceptors (Lipinski definition) is 2. The van der Waals surface area contributed by atoms with Gasteiger partial charge in [0.2, 0.25) is 0 Å². The second kappa shape index (κ2) is 2.26. The minimum absolute atomic E-state index is 0.738. The zero-order chi connectivity index (χ0) is 7.84.